The molecule has 2 amide bonds. The summed E-state index contributed by atoms with van der Waals surface area (Å²) in [6, 6.07) is 17.7. The molecule has 0 bridgehead atoms. The molecule has 2 aliphatic rings. The molecule has 1 aliphatic carbocycles. The predicted octanol–water partition coefficient (Wildman–Crippen LogP) is 7.46. The molecule has 1 aliphatic heterocycles. The predicted molar refractivity (Wildman–Crippen MR) is 206 cm³/mol. The number of alkyl carbamates (subject to hydrolysis) is 1. The van der Waals surface area contributed by atoms with E-state index >= 15 is 0 Å². The van der Waals surface area contributed by atoms with Crippen LogP contribution >= 0.6 is 11.8 Å². The van der Waals surface area contributed by atoms with Gasteiger partial charge in [-0.3, -0.25) is 14.9 Å². The molecule has 286 valence electrons. The molecule has 13 nitrogen and oxygen atoms in total. The van der Waals surface area contributed by atoms with Gasteiger partial charge in [0, 0.05) is 47.6 Å². The van der Waals surface area contributed by atoms with Crippen molar-refractivity contribution < 1.29 is 32.8 Å². The van der Waals surface area contributed by atoms with Crippen LogP contribution in [0.15, 0.2) is 76.5 Å². The van der Waals surface area contributed by atoms with Crippen LogP contribution in [0.1, 0.15) is 82.5 Å². The molecule has 1 saturated heterocycles. The Morgan fingerprint density at radius 1 is 1.02 bits per heavy atom. The van der Waals surface area contributed by atoms with Crippen molar-refractivity contribution in [3.63, 3.8) is 0 Å². The van der Waals surface area contributed by atoms with Gasteiger partial charge >= 0.3 is 11.8 Å². The molecular formula is C38H49N5O8S2. The topological polar surface area (TPSA) is 180 Å². The number of rotatable bonds is 15. The number of hydrogen-bond acceptors (Lipinski definition) is 11. The minimum absolute atomic E-state index is 0.118. The number of sulfonamides is 1. The van der Waals surface area contributed by atoms with Gasteiger partial charge in [-0.1, -0.05) is 31.0 Å². The van der Waals surface area contributed by atoms with Gasteiger partial charge in [-0.2, -0.15) is 0 Å². The lowest BCUT2D eigenvalue weighted by atomic mass is 9.86. The van der Waals surface area contributed by atoms with E-state index in [9.17, 15) is 33.2 Å². The second-order valence-electron chi connectivity index (χ2n) is 14.8. The van der Waals surface area contributed by atoms with Gasteiger partial charge in [-0.25, -0.2) is 17.9 Å². The molecule has 1 heterocycles. The molecular weight excluding hydrogens is 719 g/mol. The lowest BCUT2D eigenvalue weighted by Crippen LogP contribution is -2.33. The van der Waals surface area contributed by atoms with Crippen molar-refractivity contribution in [1.29, 1.82) is 0 Å². The molecule has 2 fully saturated rings. The maximum absolute atomic E-state index is 13.8. The number of thioether (sulfide) groups is 1. The Bertz CT molecular complexity index is 1860. The average molecular weight is 768 g/mol. The first-order valence-electron chi connectivity index (χ1n) is 18.0. The maximum atomic E-state index is 13.8. The largest absolute Gasteiger partial charge is 0.502 e. The third kappa shape index (κ3) is 10.8. The fraction of sp³-hybridized carbons (Fsp3) is 0.474. The summed E-state index contributed by atoms with van der Waals surface area (Å²) in [6.45, 7) is 7.53. The van der Waals surface area contributed by atoms with Crippen LogP contribution in [-0.2, 0) is 14.8 Å². The van der Waals surface area contributed by atoms with Crippen molar-refractivity contribution in [2.45, 2.75) is 93.6 Å². The Kier molecular flexibility index (Phi) is 12.8. The van der Waals surface area contributed by atoms with E-state index in [-0.39, 0.29) is 5.56 Å². The molecule has 1 spiro atoms. The first-order chi connectivity index (χ1) is 25.1. The van der Waals surface area contributed by atoms with E-state index in [4.69, 9.17) is 4.74 Å². The molecule has 1 atom stereocenters. The number of carbonyl (C=O) groups is 2. The molecule has 3 aromatic rings. The first-order valence-corrected chi connectivity index (χ1v) is 20.5. The summed E-state index contributed by atoms with van der Waals surface area (Å²) in [6.07, 6.45) is 7.10. The van der Waals surface area contributed by atoms with Crippen molar-refractivity contribution in [2.75, 3.05) is 35.6 Å². The van der Waals surface area contributed by atoms with Crippen LogP contribution in [0, 0.1) is 15.5 Å². The van der Waals surface area contributed by atoms with Crippen LogP contribution in [0.3, 0.4) is 0 Å². The monoisotopic (exact) mass is 767 g/mol. The van der Waals surface area contributed by atoms with Crippen LogP contribution in [-0.4, -0.2) is 67.5 Å². The summed E-state index contributed by atoms with van der Waals surface area (Å²) >= 11 is 1.47. The molecule has 4 N–H and O–H groups in total. The zero-order chi connectivity index (χ0) is 38.2. The van der Waals surface area contributed by atoms with Gasteiger partial charge in [0.2, 0.25) is 0 Å². The second-order valence-corrected chi connectivity index (χ2v) is 17.6. The number of nitro benzene ring substituents is 1. The SMILES string of the molecule is CC(C)(C)OC(=O)NCCCC[C@H](CSc1ccccc1)Nc1c(S(=O)(=O)NC(=O)c2ccc(N3CCC4(CCCC4)C3)cc2)ccc(O)c1[N+](=O)[O-]. The Labute approximate surface area is 315 Å². The van der Waals surface area contributed by atoms with Crippen LogP contribution in [0.4, 0.5) is 21.9 Å². The fourth-order valence-corrected chi connectivity index (χ4v) is 9.13. The molecule has 15 heteroatoms. The van der Waals surface area contributed by atoms with E-state index < -0.39 is 60.6 Å². The minimum atomic E-state index is -4.67. The Morgan fingerprint density at radius 3 is 2.38 bits per heavy atom. The van der Waals surface area contributed by atoms with E-state index in [1.165, 1.54) is 37.4 Å². The van der Waals surface area contributed by atoms with Crippen molar-refractivity contribution in [2.24, 2.45) is 5.41 Å². The number of carbonyl (C=O) groups excluding carboxylic acids is 2. The lowest BCUT2D eigenvalue weighted by Gasteiger charge is -2.24. The number of nitrogens with one attached hydrogen (secondary N) is 3. The fourth-order valence-electron chi connectivity index (χ4n) is 6.99. The zero-order valence-electron chi connectivity index (χ0n) is 30.4. The number of amides is 2. The highest BCUT2D eigenvalue weighted by Gasteiger charge is 2.40. The average Bonchev–Trinajstić information content (AvgIpc) is 3.75. The van der Waals surface area contributed by atoms with Gasteiger partial charge in [-0.15, -0.1) is 11.8 Å². The van der Waals surface area contributed by atoms with Crippen LogP contribution < -0.4 is 20.3 Å². The van der Waals surface area contributed by atoms with Crippen LogP contribution in [0.5, 0.6) is 5.75 Å². The third-order valence-electron chi connectivity index (χ3n) is 9.61. The van der Waals surface area contributed by atoms with Gasteiger partial charge in [0.25, 0.3) is 15.9 Å². The highest BCUT2D eigenvalue weighted by Crippen LogP contribution is 2.46. The van der Waals surface area contributed by atoms with Crippen molar-refractivity contribution in [3.8, 4) is 5.75 Å². The molecule has 0 radical (unpaired) electrons. The smallest absolute Gasteiger partial charge is 0.407 e. The lowest BCUT2D eigenvalue weighted by molar-refractivity contribution is -0.385. The Morgan fingerprint density at radius 2 is 1.72 bits per heavy atom. The number of hydrogen-bond donors (Lipinski definition) is 4. The van der Waals surface area contributed by atoms with E-state index in [1.54, 1.807) is 32.9 Å². The summed E-state index contributed by atoms with van der Waals surface area (Å²) < 4.78 is 35.0. The normalized spacial score (nSPS) is 15.9. The quantitative estimate of drug-likeness (QED) is 0.0522. The molecule has 1 saturated carbocycles. The van der Waals surface area contributed by atoms with Crippen molar-refractivity contribution in [3.05, 3.63) is 82.4 Å². The van der Waals surface area contributed by atoms with E-state index in [1.807, 2.05) is 42.5 Å². The number of ether oxygens (including phenoxy) is 1. The van der Waals surface area contributed by atoms with E-state index in [0.29, 0.717) is 37.0 Å². The minimum Gasteiger partial charge on any atom is -0.502 e. The zero-order valence-corrected chi connectivity index (χ0v) is 32.1. The highest BCUT2D eigenvalue weighted by molar-refractivity contribution is 7.99. The number of nitrogens with zero attached hydrogens (tertiary/aromatic N) is 2. The van der Waals surface area contributed by atoms with Gasteiger partial charge in [0.1, 0.15) is 16.2 Å². The van der Waals surface area contributed by atoms with Gasteiger partial charge < -0.3 is 25.4 Å². The van der Waals surface area contributed by atoms with Gasteiger partial charge in [0.05, 0.1) is 4.92 Å². The number of aromatic hydroxyl groups is 1. The number of unbranched alkanes of at least 4 members (excludes halogenated alkanes) is 1. The molecule has 3 aromatic carbocycles. The number of anilines is 2. The Hall–Kier alpha value is -4.50. The van der Waals surface area contributed by atoms with E-state index in [0.717, 1.165) is 42.2 Å². The summed E-state index contributed by atoms with van der Waals surface area (Å²) in [5, 5.41) is 28.6. The summed E-state index contributed by atoms with van der Waals surface area (Å²) in [5.41, 5.74) is -0.442. The second kappa shape index (κ2) is 17.1. The van der Waals surface area contributed by atoms with Gasteiger partial charge in [0.15, 0.2) is 5.75 Å². The van der Waals surface area contributed by atoms with Crippen LogP contribution in [0.2, 0.25) is 0 Å². The third-order valence-corrected chi connectivity index (χ3v) is 12.2. The standard InChI is InChI=1S/C38H49N5O8S2/c1-37(2,3)51-36(46)39-23-10-7-11-28(25-52-30-12-5-4-6-13-30)40-33-32(19-18-31(44)34(33)43(47)48)53(49,50)41-35(45)27-14-16-29(17-15-27)42-24-22-38(26-42)20-8-9-21-38/h4-6,12-19,28,40,44H,7-11,20-26H2,1-3H3,(H,39,46)(H,41,45)/t28-/m1/s1. The summed E-state index contributed by atoms with van der Waals surface area (Å²) in [4.78, 5) is 39.5. The number of phenols is 1. The van der Waals surface area contributed by atoms with Gasteiger partial charge in [-0.05, 0) is 113 Å². The number of phenolic OH excluding ortho intramolecular Hbond substituents is 1. The summed E-state index contributed by atoms with van der Waals surface area (Å²) in [5.74, 6) is -1.23. The first kappa shape index (κ1) is 39.7. The van der Waals surface area contributed by atoms with Crippen LogP contribution in [0.25, 0.3) is 0 Å². The molecule has 0 aromatic heterocycles. The molecule has 5 rings (SSSR count). The summed E-state index contributed by atoms with van der Waals surface area (Å²) in [7, 11) is -4.67. The molecule has 0 unspecified atom stereocenters. The highest BCUT2D eigenvalue weighted by atomic mass is 32.2. The maximum Gasteiger partial charge on any atom is 0.407 e. The number of benzene rings is 3. The Balaban J connectivity index is 1.32. The number of nitro groups is 1. The molecule has 53 heavy (non-hydrogen) atoms. The van der Waals surface area contributed by atoms with Crippen molar-refractivity contribution in [1.82, 2.24) is 10.0 Å². The van der Waals surface area contributed by atoms with Crippen molar-refractivity contribution >= 4 is 50.8 Å². The van der Waals surface area contributed by atoms with E-state index in [2.05, 4.69) is 20.3 Å².